The van der Waals surface area contributed by atoms with Crippen molar-refractivity contribution in [3.8, 4) is 6.07 Å². The van der Waals surface area contributed by atoms with E-state index in [0.29, 0.717) is 23.9 Å². The molecule has 2 nitrogen and oxygen atoms in total. The Morgan fingerprint density at radius 2 is 2.17 bits per heavy atom. The van der Waals surface area contributed by atoms with Crippen LogP contribution >= 0.6 is 11.6 Å². The molecule has 3 heteroatoms. The van der Waals surface area contributed by atoms with Gasteiger partial charge in [0.1, 0.15) is 5.15 Å². The van der Waals surface area contributed by atoms with E-state index in [1.165, 1.54) is 5.56 Å². The smallest absolute Gasteiger partial charge is 0.133 e. The lowest BCUT2D eigenvalue weighted by Crippen LogP contribution is -1.95. The maximum atomic E-state index is 8.64. The van der Waals surface area contributed by atoms with Crippen molar-refractivity contribution in [3.63, 3.8) is 0 Å². The van der Waals surface area contributed by atoms with Gasteiger partial charge >= 0.3 is 0 Å². The van der Waals surface area contributed by atoms with Crippen molar-refractivity contribution in [2.45, 2.75) is 32.6 Å². The van der Waals surface area contributed by atoms with Gasteiger partial charge in [0.25, 0.3) is 0 Å². The van der Waals surface area contributed by atoms with Gasteiger partial charge in [-0.2, -0.15) is 5.26 Å². The van der Waals surface area contributed by atoms with Gasteiger partial charge in [0.15, 0.2) is 0 Å². The number of nitriles is 1. The molecule has 2 aromatic rings. The van der Waals surface area contributed by atoms with Crippen molar-refractivity contribution in [3.05, 3.63) is 40.5 Å². The molecule has 1 aromatic carbocycles. The Kier molecular flexibility index (Phi) is 3.84. The second-order valence-corrected chi connectivity index (χ2v) is 5.03. The van der Waals surface area contributed by atoms with E-state index in [1.54, 1.807) is 0 Å². The van der Waals surface area contributed by atoms with Gasteiger partial charge in [-0.3, -0.25) is 0 Å². The van der Waals surface area contributed by atoms with Gasteiger partial charge in [0.05, 0.1) is 11.6 Å². The zero-order valence-electron chi connectivity index (χ0n) is 10.6. The Balaban J connectivity index is 2.57. The summed E-state index contributed by atoms with van der Waals surface area (Å²) in [7, 11) is 0. The molecule has 0 aliphatic heterocycles. The monoisotopic (exact) mass is 258 g/mol. The second kappa shape index (κ2) is 5.37. The number of aryl methyl sites for hydroxylation is 1. The van der Waals surface area contributed by atoms with Crippen molar-refractivity contribution in [1.82, 2.24) is 4.98 Å². The summed E-state index contributed by atoms with van der Waals surface area (Å²) in [6.45, 7) is 4.29. The average Bonchev–Trinajstić information content (AvgIpc) is 2.35. The molecule has 0 spiro atoms. The minimum Gasteiger partial charge on any atom is -0.236 e. The van der Waals surface area contributed by atoms with Crippen LogP contribution in [-0.2, 0) is 6.42 Å². The number of fused-ring (bicyclic) bond motifs is 1. The van der Waals surface area contributed by atoms with Gasteiger partial charge in [-0.05, 0) is 29.5 Å². The van der Waals surface area contributed by atoms with Crippen LogP contribution in [-0.4, -0.2) is 4.98 Å². The Hall–Kier alpha value is -1.59. The number of halogens is 1. The molecule has 1 aromatic heterocycles. The first-order valence-electron chi connectivity index (χ1n) is 6.08. The first-order valence-corrected chi connectivity index (χ1v) is 6.46. The van der Waals surface area contributed by atoms with E-state index in [-0.39, 0.29) is 0 Å². The van der Waals surface area contributed by atoms with Crippen LogP contribution < -0.4 is 0 Å². The predicted octanol–water partition coefficient (Wildman–Crippen LogP) is 4.47. The van der Waals surface area contributed by atoms with Gasteiger partial charge in [-0.25, -0.2) is 4.98 Å². The van der Waals surface area contributed by atoms with Crippen molar-refractivity contribution < 1.29 is 0 Å². The van der Waals surface area contributed by atoms with Gasteiger partial charge in [0, 0.05) is 11.8 Å². The van der Waals surface area contributed by atoms with E-state index in [9.17, 15) is 0 Å². The summed E-state index contributed by atoms with van der Waals surface area (Å²) in [6.07, 6.45) is 1.13. The molecule has 0 saturated carbocycles. The molecule has 0 N–H and O–H groups in total. The van der Waals surface area contributed by atoms with Crippen LogP contribution in [0, 0.1) is 11.3 Å². The van der Waals surface area contributed by atoms with Crippen LogP contribution in [0.15, 0.2) is 24.3 Å². The van der Waals surface area contributed by atoms with Gasteiger partial charge in [0.2, 0.25) is 0 Å². The lowest BCUT2D eigenvalue weighted by Gasteiger charge is -2.11. The number of rotatable bonds is 3. The molecule has 18 heavy (non-hydrogen) atoms. The molecular formula is C15H15ClN2. The molecular weight excluding hydrogens is 244 g/mol. The third kappa shape index (κ3) is 2.47. The third-order valence-corrected chi connectivity index (χ3v) is 3.36. The van der Waals surface area contributed by atoms with E-state index in [1.807, 2.05) is 18.2 Å². The van der Waals surface area contributed by atoms with E-state index < -0.39 is 0 Å². The molecule has 0 atom stereocenters. The fourth-order valence-electron chi connectivity index (χ4n) is 2.07. The number of para-hydroxylation sites is 1. The summed E-state index contributed by atoms with van der Waals surface area (Å²) in [6, 6.07) is 10.4. The largest absolute Gasteiger partial charge is 0.236 e. The van der Waals surface area contributed by atoms with Crippen LogP contribution in [0.25, 0.3) is 10.9 Å². The molecule has 0 fully saturated rings. The highest BCUT2D eigenvalue weighted by Gasteiger charge is 2.10. The van der Waals surface area contributed by atoms with Crippen LogP contribution in [0.3, 0.4) is 0 Å². The normalized spacial score (nSPS) is 10.8. The quantitative estimate of drug-likeness (QED) is 0.762. The van der Waals surface area contributed by atoms with Crippen LogP contribution in [0.1, 0.15) is 37.3 Å². The number of benzene rings is 1. The Morgan fingerprint density at radius 3 is 2.83 bits per heavy atom. The van der Waals surface area contributed by atoms with Gasteiger partial charge < -0.3 is 0 Å². The number of hydrogen-bond donors (Lipinski definition) is 0. The summed E-state index contributed by atoms with van der Waals surface area (Å²) in [5.74, 6) is 0.419. The zero-order chi connectivity index (χ0) is 13.1. The molecule has 0 bridgehead atoms. The predicted molar refractivity (Wildman–Crippen MR) is 74.8 cm³/mol. The van der Waals surface area contributed by atoms with Gasteiger partial charge in [-0.1, -0.05) is 43.6 Å². The highest BCUT2D eigenvalue weighted by Crippen LogP contribution is 2.27. The molecule has 92 valence electrons. The van der Waals surface area contributed by atoms with Crippen LogP contribution in [0.4, 0.5) is 0 Å². The maximum absolute atomic E-state index is 8.64. The van der Waals surface area contributed by atoms with Gasteiger partial charge in [-0.15, -0.1) is 0 Å². The molecule has 0 unspecified atom stereocenters. The van der Waals surface area contributed by atoms with E-state index >= 15 is 0 Å². The maximum Gasteiger partial charge on any atom is 0.133 e. The fraction of sp³-hybridized carbons (Fsp3) is 0.333. The molecule has 1 heterocycles. The summed E-state index contributed by atoms with van der Waals surface area (Å²) in [4.78, 5) is 4.51. The first-order chi connectivity index (χ1) is 8.63. The van der Waals surface area contributed by atoms with E-state index in [4.69, 9.17) is 16.9 Å². The Labute approximate surface area is 112 Å². The van der Waals surface area contributed by atoms with Crippen LogP contribution in [0.5, 0.6) is 0 Å². The number of aromatic nitrogens is 1. The lowest BCUT2D eigenvalue weighted by atomic mass is 9.98. The molecule has 0 aliphatic carbocycles. The standard InChI is InChI=1S/C15H15ClN2/c1-10(2)13-7-3-5-11-9-12(6-4-8-17)15(16)18-14(11)13/h3,5,7,9-10H,4,6H2,1-2H3. The summed E-state index contributed by atoms with van der Waals surface area (Å²) in [5.41, 5.74) is 3.13. The fourth-order valence-corrected chi connectivity index (χ4v) is 2.31. The van der Waals surface area contributed by atoms with Crippen molar-refractivity contribution >= 4 is 22.5 Å². The number of hydrogen-bond acceptors (Lipinski definition) is 2. The SMILES string of the molecule is CC(C)c1cccc2cc(CCC#N)c(Cl)nc12. The Bertz CT molecular complexity index is 612. The van der Waals surface area contributed by atoms with E-state index in [0.717, 1.165) is 16.5 Å². The molecule has 0 saturated heterocycles. The first kappa shape index (κ1) is 12.9. The molecule has 2 rings (SSSR count). The third-order valence-electron chi connectivity index (χ3n) is 3.03. The summed E-state index contributed by atoms with van der Waals surface area (Å²) in [5, 5.41) is 10.3. The molecule has 0 amide bonds. The minimum atomic E-state index is 0.419. The average molecular weight is 259 g/mol. The van der Waals surface area contributed by atoms with E-state index in [2.05, 4.69) is 31.0 Å². The highest BCUT2D eigenvalue weighted by molar-refractivity contribution is 6.30. The topological polar surface area (TPSA) is 36.7 Å². The zero-order valence-corrected chi connectivity index (χ0v) is 11.3. The van der Waals surface area contributed by atoms with Crippen molar-refractivity contribution in [2.24, 2.45) is 0 Å². The highest BCUT2D eigenvalue weighted by atomic mass is 35.5. The van der Waals surface area contributed by atoms with Crippen molar-refractivity contribution in [1.29, 1.82) is 5.26 Å². The number of nitrogens with zero attached hydrogens (tertiary/aromatic N) is 2. The molecule has 0 aliphatic rings. The summed E-state index contributed by atoms with van der Waals surface area (Å²) < 4.78 is 0. The van der Waals surface area contributed by atoms with Crippen LogP contribution in [0.2, 0.25) is 5.15 Å². The number of pyridine rings is 1. The second-order valence-electron chi connectivity index (χ2n) is 4.67. The summed E-state index contributed by atoms with van der Waals surface area (Å²) >= 11 is 6.20. The van der Waals surface area contributed by atoms with Crippen molar-refractivity contribution in [2.75, 3.05) is 0 Å². The molecule has 0 radical (unpaired) electrons. The minimum absolute atomic E-state index is 0.419. The lowest BCUT2D eigenvalue weighted by molar-refractivity contribution is 0.872. The Morgan fingerprint density at radius 1 is 1.39 bits per heavy atom.